The minimum Gasteiger partial charge on any atom is -0.493 e. The number of anilines is 3. The SMILES string of the molecule is COc1cc(I)c(C(=O)Nc2ccc(Nc3ccccc3)cc2)cc1OC. The van der Waals surface area contributed by atoms with E-state index in [0.29, 0.717) is 22.7 Å². The summed E-state index contributed by atoms with van der Waals surface area (Å²) in [6.45, 7) is 0. The number of hydrogen-bond acceptors (Lipinski definition) is 4. The molecule has 0 radical (unpaired) electrons. The van der Waals surface area contributed by atoms with Crippen LogP contribution in [-0.2, 0) is 0 Å². The van der Waals surface area contributed by atoms with Gasteiger partial charge in [0.2, 0.25) is 0 Å². The molecule has 2 N–H and O–H groups in total. The van der Waals surface area contributed by atoms with E-state index in [-0.39, 0.29) is 5.91 Å². The lowest BCUT2D eigenvalue weighted by atomic mass is 10.1. The molecule has 0 aromatic heterocycles. The quantitative estimate of drug-likeness (QED) is 0.476. The van der Waals surface area contributed by atoms with Crippen LogP contribution in [0.15, 0.2) is 66.7 Å². The van der Waals surface area contributed by atoms with Crippen LogP contribution in [0.5, 0.6) is 11.5 Å². The highest BCUT2D eigenvalue weighted by Crippen LogP contribution is 2.31. The predicted octanol–water partition coefficient (Wildman–Crippen LogP) is 5.30. The molecule has 3 aromatic rings. The number of ether oxygens (including phenoxy) is 2. The van der Waals surface area contributed by atoms with E-state index in [0.717, 1.165) is 14.9 Å². The van der Waals surface area contributed by atoms with Gasteiger partial charge in [0.15, 0.2) is 11.5 Å². The summed E-state index contributed by atoms with van der Waals surface area (Å²) in [5.41, 5.74) is 3.19. The molecular weight excluding hydrogens is 455 g/mol. The molecule has 0 heterocycles. The van der Waals surface area contributed by atoms with Crippen molar-refractivity contribution in [2.75, 3.05) is 24.9 Å². The van der Waals surface area contributed by atoms with Crippen LogP contribution in [-0.4, -0.2) is 20.1 Å². The van der Waals surface area contributed by atoms with Crippen LogP contribution in [0.4, 0.5) is 17.1 Å². The maximum atomic E-state index is 12.7. The molecule has 0 fully saturated rings. The van der Waals surface area contributed by atoms with E-state index in [1.807, 2.05) is 54.6 Å². The predicted molar refractivity (Wildman–Crippen MR) is 116 cm³/mol. The van der Waals surface area contributed by atoms with Gasteiger partial charge in [-0.2, -0.15) is 0 Å². The van der Waals surface area contributed by atoms with Crippen molar-refractivity contribution < 1.29 is 14.3 Å². The van der Waals surface area contributed by atoms with Gasteiger partial charge in [-0.3, -0.25) is 4.79 Å². The topological polar surface area (TPSA) is 59.6 Å². The first-order valence-electron chi connectivity index (χ1n) is 8.25. The van der Waals surface area contributed by atoms with Gasteiger partial charge in [-0.15, -0.1) is 0 Å². The van der Waals surface area contributed by atoms with Gasteiger partial charge in [0.05, 0.1) is 19.8 Å². The molecule has 0 saturated carbocycles. The van der Waals surface area contributed by atoms with E-state index >= 15 is 0 Å². The van der Waals surface area contributed by atoms with Crippen molar-refractivity contribution in [3.05, 3.63) is 75.9 Å². The summed E-state index contributed by atoms with van der Waals surface area (Å²) in [6, 6.07) is 20.9. The van der Waals surface area contributed by atoms with Crippen molar-refractivity contribution in [2.45, 2.75) is 0 Å². The van der Waals surface area contributed by atoms with Gasteiger partial charge >= 0.3 is 0 Å². The summed E-state index contributed by atoms with van der Waals surface area (Å²) in [7, 11) is 3.11. The molecule has 0 unspecified atom stereocenters. The molecule has 3 aromatic carbocycles. The molecule has 0 atom stereocenters. The fraction of sp³-hybridized carbons (Fsp3) is 0.0952. The molecule has 6 heteroatoms. The number of methoxy groups -OCH3 is 2. The third-order valence-electron chi connectivity index (χ3n) is 3.92. The van der Waals surface area contributed by atoms with Crippen LogP contribution in [0.3, 0.4) is 0 Å². The van der Waals surface area contributed by atoms with Gasteiger partial charge in [0.1, 0.15) is 0 Å². The molecular formula is C21H19IN2O3. The number of carbonyl (C=O) groups is 1. The molecule has 0 aliphatic rings. The van der Waals surface area contributed by atoms with E-state index in [1.54, 1.807) is 26.4 Å². The lowest BCUT2D eigenvalue weighted by Crippen LogP contribution is -2.14. The second-order valence-corrected chi connectivity index (χ2v) is 6.87. The average Bonchev–Trinajstić information content (AvgIpc) is 2.70. The van der Waals surface area contributed by atoms with Crippen LogP contribution in [0.2, 0.25) is 0 Å². The maximum Gasteiger partial charge on any atom is 0.256 e. The second-order valence-electron chi connectivity index (χ2n) is 5.71. The number of carbonyl (C=O) groups excluding carboxylic acids is 1. The first-order chi connectivity index (χ1) is 13.1. The van der Waals surface area contributed by atoms with Gasteiger partial charge in [-0.25, -0.2) is 0 Å². The molecule has 0 aliphatic carbocycles. The fourth-order valence-corrected chi connectivity index (χ4v) is 3.24. The normalized spacial score (nSPS) is 10.2. The summed E-state index contributed by atoms with van der Waals surface area (Å²) >= 11 is 2.11. The van der Waals surface area contributed by atoms with Crippen molar-refractivity contribution >= 4 is 45.6 Å². The summed E-state index contributed by atoms with van der Waals surface area (Å²) in [5, 5.41) is 6.22. The van der Waals surface area contributed by atoms with Crippen molar-refractivity contribution in [3.8, 4) is 11.5 Å². The van der Waals surface area contributed by atoms with E-state index in [2.05, 4.69) is 33.2 Å². The minimum absolute atomic E-state index is 0.205. The van der Waals surface area contributed by atoms with Crippen LogP contribution in [0.25, 0.3) is 0 Å². The van der Waals surface area contributed by atoms with Crippen LogP contribution >= 0.6 is 22.6 Å². The first kappa shape index (κ1) is 19.0. The summed E-state index contributed by atoms with van der Waals surface area (Å²) in [4.78, 5) is 12.7. The lowest BCUT2D eigenvalue weighted by Gasteiger charge is -2.12. The van der Waals surface area contributed by atoms with Crippen molar-refractivity contribution in [3.63, 3.8) is 0 Å². The standard InChI is InChI=1S/C21H19IN2O3/c1-26-19-12-17(18(22)13-20(19)27-2)21(25)24-16-10-8-15(9-11-16)23-14-6-4-3-5-7-14/h3-13,23H,1-2H3,(H,24,25). The van der Waals surface area contributed by atoms with Crippen LogP contribution < -0.4 is 20.1 Å². The molecule has 138 valence electrons. The largest absolute Gasteiger partial charge is 0.493 e. The maximum absolute atomic E-state index is 12.7. The Hall–Kier alpha value is -2.74. The summed E-state index contributed by atoms with van der Waals surface area (Å²) in [6.07, 6.45) is 0. The van der Waals surface area contributed by atoms with Crippen LogP contribution in [0.1, 0.15) is 10.4 Å². The van der Waals surface area contributed by atoms with Gasteiger partial charge < -0.3 is 20.1 Å². The number of nitrogens with one attached hydrogen (secondary N) is 2. The average molecular weight is 474 g/mol. The van der Waals surface area contributed by atoms with Crippen molar-refractivity contribution in [1.82, 2.24) is 0 Å². The Morgan fingerprint density at radius 3 is 2.00 bits per heavy atom. The van der Waals surface area contributed by atoms with Crippen LogP contribution in [0, 0.1) is 3.57 Å². The Bertz CT molecular complexity index is 928. The first-order valence-corrected chi connectivity index (χ1v) is 9.33. The van der Waals surface area contributed by atoms with Gasteiger partial charge in [-0.1, -0.05) is 18.2 Å². The van der Waals surface area contributed by atoms with Gasteiger partial charge in [0.25, 0.3) is 5.91 Å². The number of benzene rings is 3. The summed E-state index contributed by atoms with van der Waals surface area (Å²) < 4.78 is 11.3. The highest BCUT2D eigenvalue weighted by atomic mass is 127. The zero-order valence-electron chi connectivity index (χ0n) is 15.0. The highest BCUT2D eigenvalue weighted by molar-refractivity contribution is 14.1. The Morgan fingerprint density at radius 2 is 1.37 bits per heavy atom. The second kappa shape index (κ2) is 8.77. The van der Waals surface area contributed by atoms with Crippen molar-refractivity contribution in [1.29, 1.82) is 0 Å². The molecule has 1 amide bonds. The van der Waals surface area contributed by atoms with E-state index < -0.39 is 0 Å². The Morgan fingerprint density at radius 1 is 0.815 bits per heavy atom. The van der Waals surface area contributed by atoms with E-state index in [1.165, 1.54) is 0 Å². The Kier molecular flexibility index (Phi) is 6.18. The Labute approximate surface area is 171 Å². The van der Waals surface area contributed by atoms with Gasteiger partial charge in [-0.05, 0) is 71.1 Å². The number of halogens is 1. The summed E-state index contributed by atoms with van der Waals surface area (Å²) in [5.74, 6) is 0.907. The molecule has 5 nitrogen and oxygen atoms in total. The molecule has 0 aliphatic heterocycles. The van der Waals surface area contributed by atoms with E-state index in [4.69, 9.17) is 9.47 Å². The zero-order valence-corrected chi connectivity index (χ0v) is 17.1. The number of hydrogen-bond donors (Lipinski definition) is 2. The fourth-order valence-electron chi connectivity index (χ4n) is 2.55. The number of para-hydroxylation sites is 1. The molecule has 0 bridgehead atoms. The highest BCUT2D eigenvalue weighted by Gasteiger charge is 2.15. The minimum atomic E-state index is -0.205. The van der Waals surface area contributed by atoms with Crippen molar-refractivity contribution in [2.24, 2.45) is 0 Å². The monoisotopic (exact) mass is 474 g/mol. The van der Waals surface area contributed by atoms with E-state index in [9.17, 15) is 4.79 Å². The third-order valence-corrected chi connectivity index (χ3v) is 4.82. The Balaban J connectivity index is 1.73. The van der Waals surface area contributed by atoms with Gasteiger partial charge in [0, 0.05) is 20.6 Å². The lowest BCUT2D eigenvalue weighted by molar-refractivity contribution is 0.102. The molecule has 27 heavy (non-hydrogen) atoms. The number of amides is 1. The third kappa shape index (κ3) is 4.71. The molecule has 0 spiro atoms. The molecule has 0 saturated heterocycles. The zero-order chi connectivity index (χ0) is 19.2. The molecule has 3 rings (SSSR count). The smallest absolute Gasteiger partial charge is 0.256 e. The number of rotatable bonds is 6.